The van der Waals surface area contributed by atoms with Gasteiger partial charge in [-0.2, -0.15) is 0 Å². The van der Waals surface area contributed by atoms with Crippen LogP contribution >= 0.6 is 0 Å². The number of aromatic nitrogens is 2. The predicted molar refractivity (Wildman–Crippen MR) is 307 cm³/mol. The number of nitrogens with zero attached hydrogens (tertiary/aromatic N) is 2. The number of primary amides is 2. The second kappa shape index (κ2) is 68.0. The summed E-state index contributed by atoms with van der Waals surface area (Å²) in [4.78, 5) is 51.4. The van der Waals surface area contributed by atoms with Crippen LogP contribution in [-0.4, -0.2) is 301 Å². The van der Waals surface area contributed by atoms with Crippen LogP contribution in [0.25, 0.3) is 0 Å². The number of rotatable bonds is 74. The lowest BCUT2D eigenvalue weighted by Crippen LogP contribution is -2.25. The van der Waals surface area contributed by atoms with Crippen molar-refractivity contribution in [3.63, 3.8) is 0 Å². The predicted octanol–water partition coefficient (Wildman–Crippen LogP) is 1.50. The van der Waals surface area contributed by atoms with Crippen molar-refractivity contribution in [2.75, 3.05) is 279 Å². The van der Waals surface area contributed by atoms with Gasteiger partial charge in [0, 0.05) is 39.3 Å². The molecule has 86 heavy (non-hydrogen) atoms. The SMILES string of the molecule is COOCOCCCCCOCCOCCOCCOCCOCCOCCOCCOCCOCCc1nc(C(N)=O)c(CCOCCOCCOCCOCCOCCOCCOCCOCCOCCCCCOCOOC)nc1C(N)=O. The summed E-state index contributed by atoms with van der Waals surface area (Å²) < 4.78 is 110. The van der Waals surface area contributed by atoms with Gasteiger partial charge < -0.3 is 106 Å². The number of hydrogen-bond acceptors (Lipinski definition) is 28. The Bertz CT molecular complexity index is 1480. The topological polar surface area (TPSA) is 333 Å². The first-order valence-corrected chi connectivity index (χ1v) is 29.9. The number of nitrogens with two attached hydrogens (primary N) is 2. The van der Waals surface area contributed by atoms with Crippen molar-refractivity contribution in [3.8, 4) is 0 Å². The van der Waals surface area contributed by atoms with Crippen LogP contribution in [0.2, 0.25) is 0 Å². The highest BCUT2D eigenvalue weighted by atomic mass is 17.2. The van der Waals surface area contributed by atoms with Crippen molar-refractivity contribution in [3.05, 3.63) is 22.8 Å². The molecule has 0 aliphatic carbocycles. The van der Waals surface area contributed by atoms with Crippen LogP contribution in [0.1, 0.15) is 70.9 Å². The van der Waals surface area contributed by atoms with E-state index >= 15 is 0 Å². The summed E-state index contributed by atoms with van der Waals surface area (Å²) in [6.07, 6.45) is 6.23. The zero-order chi connectivity index (χ0) is 61.8. The molecule has 4 N–H and O–H groups in total. The molecule has 1 aromatic heterocycles. The molecular weight excluding hydrogens is 1140 g/mol. The lowest BCUT2D eigenvalue weighted by Gasteiger charge is -2.12. The Morgan fingerprint density at radius 1 is 0.256 bits per heavy atom. The molecule has 0 radical (unpaired) electrons. The summed E-state index contributed by atoms with van der Waals surface area (Å²) in [7, 11) is 2.89. The molecule has 0 atom stereocenters. The van der Waals surface area contributed by atoms with Gasteiger partial charge in [-0.25, -0.2) is 29.5 Å². The van der Waals surface area contributed by atoms with E-state index < -0.39 is 11.8 Å². The molecule has 0 aliphatic rings. The fourth-order valence-electron chi connectivity index (χ4n) is 6.76. The fourth-order valence-corrected chi connectivity index (χ4v) is 6.76. The minimum Gasteiger partial charge on any atom is -0.379 e. The third kappa shape index (κ3) is 57.5. The van der Waals surface area contributed by atoms with Gasteiger partial charge in [0.25, 0.3) is 11.8 Å². The molecule has 1 rings (SSSR count). The molecule has 0 fully saturated rings. The molecule has 30 heteroatoms. The Hall–Kier alpha value is -2.94. The molecule has 0 spiro atoms. The van der Waals surface area contributed by atoms with E-state index in [0.717, 1.165) is 38.5 Å². The quantitative estimate of drug-likeness (QED) is 0.0404. The highest BCUT2D eigenvalue weighted by Crippen LogP contribution is 2.12. The van der Waals surface area contributed by atoms with Crippen molar-refractivity contribution in [2.45, 2.75) is 51.4 Å². The molecule has 0 aliphatic heterocycles. The minimum absolute atomic E-state index is 0.0654. The molecule has 0 bridgehead atoms. The first-order chi connectivity index (χ1) is 42.5. The van der Waals surface area contributed by atoms with Gasteiger partial charge >= 0.3 is 0 Å². The summed E-state index contributed by atoms with van der Waals surface area (Å²) in [5.41, 5.74) is 11.5. The number of carbonyl (C=O) groups is 2. The first kappa shape index (κ1) is 81.1. The van der Waals surface area contributed by atoms with Crippen LogP contribution in [0.5, 0.6) is 0 Å². The van der Waals surface area contributed by atoms with Crippen molar-refractivity contribution in [1.29, 1.82) is 0 Å². The molecule has 0 unspecified atom stereocenters. The average Bonchev–Trinajstić information content (AvgIpc) is 3.08. The zero-order valence-corrected chi connectivity index (χ0v) is 51.6. The standard InChI is InChI=1S/C56H106N4O26/c1-63-85-49-83-13-7-3-5-11-65-17-21-69-25-29-73-33-37-77-41-45-81-47-43-79-39-35-75-31-27-71-23-19-67-15-9-51-53(55(57)61)60-52(54(59-51)56(58)62)10-16-68-20-24-72-28-32-76-36-40-80-44-48-82-46-42-78-38-34-74-30-26-70-22-18-66-12-6-4-8-14-84-50-86-64-2/h3-50H2,1-2H3,(H2,57,61)(H2,58,62). The minimum atomic E-state index is -0.791. The van der Waals surface area contributed by atoms with Gasteiger partial charge in [0.05, 0.1) is 250 Å². The van der Waals surface area contributed by atoms with Crippen molar-refractivity contribution in [1.82, 2.24) is 9.97 Å². The highest BCUT2D eigenvalue weighted by Gasteiger charge is 2.20. The normalized spacial score (nSPS) is 11.7. The Morgan fingerprint density at radius 3 is 0.616 bits per heavy atom. The lowest BCUT2D eigenvalue weighted by molar-refractivity contribution is -0.318. The van der Waals surface area contributed by atoms with Gasteiger partial charge in [-0.15, -0.1) is 0 Å². The Labute approximate surface area is 508 Å². The lowest BCUT2D eigenvalue weighted by atomic mass is 10.1. The molecular formula is C56H106N4O26. The molecule has 0 saturated heterocycles. The summed E-state index contributed by atoms with van der Waals surface area (Å²) >= 11 is 0. The number of hydrogen-bond donors (Lipinski definition) is 2. The van der Waals surface area contributed by atoms with Crippen LogP contribution in [0.15, 0.2) is 0 Å². The maximum atomic E-state index is 12.3. The molecule has 1 heterocycles. The smallest absolute Gasteiger partial charge is 0.269 e. The summed E-state index contributed by atoms with van der Waals surface area (Å²) in [6, 6.07) is 0. The number of amides is 2. The van der Waals surface area contributed by atoms with Gasteiger partial charge in [0.1, 0.15) is 11.4 Å². The van der Waals surface area contributed by atoms with Gasteiger partial charge in [0.2, 0.25) is 0 Å². The summed E-state index contributed by atoms with van der Waals surface area (Å²) in [5.74, 6) is -1.58. The van der Waals surface area contributed by atoms with E-state index in [-0.39, 0.29) is 75.6 Å². The van der Waals surface area contributed by atoms with Crippen LogP contribution < -0.4 is 11.5 Å². The van der Waals surface area contributed by atoms with E-state index in [2.05, 4.69) is 29.5 Å². The second-order valence-electron chi connectivity index (χ2n) is 17.8. The van der Waals surface area contributed by atoms with Crippen molar-refractivity contribution >= 4 is 11.8 Å². The highest BCUT2D eigenvalue weighted by molar-refractivity contribution is 5.95. The monoisotopic (exact) mass is 1250 g/mol. The average molecular weight is 1250 g/mol. The molecule has 1 aromatic rings. The van der Waals surface area contributed by atoms with E-state index in [1.807, 2.05) is 0 Å². The maximum absolute atomic E-state index is 12.3. The zero-order valence-electron chi connectivity index (χ0n) is 51.6. The van der Waals surface area contributed by atoms with Gasteiger partial charge in [-0.1, -0.05) is 0 Å². The van der Waals surface area contributed by atoms with Crippen LogP contribution in [0, 0.1) is 0 Å². The Balaban J connectivity index is 1.89. The number of carbonyl (C=O) groups excluding carboxylic acids is 2. The van der Waals surface area contributed by atoms with E-state index in [9.17, 15) is 9.59 Å². The number of ether oxygens (including phenoxy) is 20. The van der Waals surface area contributed by atoms with Crippen molar-refractivity contribution < 1.29 is 124 Å². The molecule has 2 amide bonds. The van der Waals surface area contributed by atoms with Gasteiger partial charge in [-0.05, 0) is 38.5 Å². The van der Waals surface area contributed by atoms with E-state index in [1.165, 1.54) is 14.2 Å². The maximum Gasteiger partial charge on any atom is 0.269 e. The van der Waals surface area contributed by atoms with Crippen LogP contribution in [-0.2, 0) is 127 Å². The van der Waals surface area contributed by atoms with Gasteiger partial charge in [0.15, 0.2) is 13.6 Å². The first-order valence-electron chi connectivity index (χ1n) is 29.9. The van der Waals surface area contributed by atoms with E-state index in [1.54, 1.807) is 0 Å². The molecule has 0 aromatic carbocycles. The molecule has 506 valence electrons. The third-order valence-electron chi connectivity index (χ3n) is 11.1. The van der Waals surface area contributed by atoms with E-state index in [4.69, 9.17) is 106 Å². The molecule has 0 saturated carbocycles. The Morgan fingerprint density at radius 2 is 0.430 bits per heavy atom. The van der Waals surface area contributed by atoms with Crippen molar-refractivity contribution in [2.24, 2.45) is 11.5 Å². The van der Waals surface area contributed by atoms with E-state index in [0.29, 0.717) is 225 Å². The summed E-state index contributed by atoms with van der Waals surface area (Å²) in [6.45, 7) is 17.4. The Kier molecular flexibility index (Phi) is 64.1. The van der Waals surface area contributed by atoms with Crippen LogP contribution in [0.3, 0.4) is 0 Å². The molecule has 30 nitrogen and oxygen atoms in total. The fraction of sp³-hybridized carbons (Fsp3) is 0.893. The van der Waals surface area contributed by atoms with Crippen LogP contribution in [0.4, 0.5) is 0 Å². The largest absolute Gasteiger partial charge is 0.379 e. The second-order valence-corrected chi connectivity index (χ2v) is 17.8. The summed E-state index contributed by atoms with van der Waals surface area (Å²) in [5, 5.41) is 0. The number of unbranched alkanes of at least 4 members (excludes halogenated alkanes) is 4. The third-order valence-corrected chi connectivity index (χ3v) is 11.1. The van der Waals surface area contributed by atoms with Gasteiger partial charge in [-0.3, -0.25) is 9.59 Å².